The van der Waals surface area contributed by atoms with Gasteiger partial charge in [-0.2, -0.15) is 0 Å². The first-order valence-electron chi connectivity index (χ1n) is 8.01. The van der Waals surface area contributed by atoms with Crippen molar-refractivity contribution in [2.45, 2.75) is 70.3 Å². The van der Waals surface area contributed by atoms with Crippen LogP contribution in [0.2, 0.25) is 0 Å². The van der Waals surface area contributed by atoms with Crippen molar-refractivity contribution in [2.24, 2.45) is 5.92 Å². The summed E-state index contributed by atoms with van der Waals surface area (Å²) in [4.78, 5) is 0. The molecule has 0 heterocycles. The first kappa shape index (κ1) is 13.2. The molecule has 0 aromatic heterocycles. The van der Waals surface area contributed by atoms with E-state index in [1.807, 2.05) is 0 Å². The minimum atomic E-state index is -0.432. The van der Waals surface area contributed by atoms with Crippen LogP contribution in [0.25, 0.3) is 0 Å². The molecule has 0 atom stereocenters. The van der Waals surface area contributed by atoms with Crippen molar-refractivity contribution in [3.05, 3.63) is 34.9 Å². The zero-order chi connectivity index (χ0) is 13.3. The molecule has 0 unspecified atom stereocenters. The highest BCUT2D eigenvalue weighted by molar-refractivity contribution is 5.35. The fourth-order valence-electron chi connectivity index (χ4n) is 3.92. The van der Waals surface area contributed by atoms with Crippen LogP contribution in [0.3, 0.4) is 0 Å². The lowest BCUT2D eigenvalue weighted by molar-refractivity contribution is -0.00922. The third-order valence-corrected chi connectivity index (χ3v) is 5.31. The molecule has 1 aromatic rings. The smallest absolute Gasteiger partial charge is 0.0688 e. The van der Waals surface area contributed by atoms with Gasteiger partial charge in [-0.1, -0.05) is 31.5 Å². The van der Waals surface area contributed by atoms with Gasteiger partial charge in [-0.05, 0) is 67.6 Å². The van der Waals surface area contributed by atoms with Crippen LogP contribution in [0.15, 0.2) is 18.2 Å². The van der Waals surface area contributed by atoms with E-state index in [4.69, 9.17) is 0 Å². The van der Waals surface area contributed by atoms with E-state index < -0.39 is 5.60 Å². The number of aliphatic hydroxyl groups is 1. The van der Waals surface area contributed by atoms with E-state index in [2.05, 4.69) is 25.1 Å². The van der Waals surface area contributed by atoms with E-state index in [0.29, 0.717) is 0 Å². The Kier molecular flexibility index (Phi) is 3.66. The molecule has 1 nitrogen and oxygen atoms in total. The maximum absolute atomic E-state index is 10.8. The molecule has 19 heavy (non-hydrogen) atoms. The highest BCUT2D eigenvalue weighted by atomic mass is 16.3. The zero-order valence-electron chi connectivity index (χ0n) is 12.1. The van der Waals surface area contributed by atoms with Crippen LogP contribution in [-0.4, -0.2) is 10.7 Å². The van der Waals surface area contributed by atoms with Crippen molar-refractivity contribution >= 4 is 0 Å². The molecule has 1 N–H and O–H groups in total. The van der Waals surface area contributed by atoms with Gasteiger partial charge in [-0.15, -0.1) is 0 Å². The summed E-state index contributed by atoms with van der Waals surface area (Å²) >= 11 is 0. The largest absolute Gasteiger partial charge is 0.390 e. The lowest BCUT2D eigenvalue weighted by Gasteiger charge is -2.36. The van der Waals surface area contributed by atoms with Crippen molar-refractivity contribution in [3.63, 3.8) is 0 Å². The van der Waals surface area contributed by atoms with Crippen molar-refractivity contribution < 1.29 is 5.11 Å². The lowest BCUT2D eigenvalue weighted by Crippen LogP contribution is -2.36. The molecule has 104 valence electrons. The molecular weight excluding hydrogens is 232 g/mol. The Labute approximate surface area is 117 Å². The number of hydrogen-bond acceptors (Lipinski definition) is 1. The second-order valence-corrected chi connectivity index (χ2v) is 6.71. The Morgan fingerprint density at radius 1 is 1.16 bits per heavy atom. The number of hydrogen-bond donors (Lipinski definition) is 1. The molecule has 0 aliphatic heterocycles. The average Bonchev–Trinajstić information content (AvgIpc) is 2.87. The van der Waals surface area contributed by atoms with Gasteiger partial charge in [0.05, 0.1) is 5.60 Å². The van der Waals surface area contributed by atoms with Gasteiger partial charge in [-0.25, -0.2) is 0 Å². The molecule has 1 saturated carbocycles. The summed E-state index contributed by atoms with van der Waals surface area (Å²) in [6.45, 7) is 2.27. The summed E-state index contributed by atoms with van der Waals surface area (Å²) in [5.74, 6) is 0.847. The van der Waals surface area contributed by atoms with Gasteiger partial charge in [0.15, 0.2) is 0 Å². The van der Waals surface area contributed by atoms with Crippen molar-refractivity contribution in [1.29, 1.82) is 0 Å². The SMILES string of the molecule is CCC1CCC(O)(Cc2ccc3c(c2)CCC3)CC1. The average molecular weight is 258 g/mol. The third kappa shape index (κ3) is 2.86. The zero-order valence-corrected chi connectivity index (χ0v) is 12.1. The van der Waals surface area contributed by atoms with Gasteiger partial charge >= 0.3 is 0 Å². The molecule has 0 saturated heterocycles. The molecule has 0 radical (unpaired) electrons. The highest BCUT2D eigenvalue weighted by Gasteiger charge is 2.32. The summed E-state index contributed by atoms with van der Waals surface area (Å²) in [7, 11) is 0. The molecule has 0 bridgehead atoms. The molecule has 2 aliphatic rings. The maximum atomic E-state index is 10.8. The van der Waals surface area contributed by atoms with Crippen molar-refractivity contribution in [2.75, 3.05) is 0 Å². The van der Waals surface area contributed by atoms with E-state index in [9.17, 15) is 5.11 Å². The van der Waals surface area contributed by atoms with E-state index in [1.165, 1.54) is 55.2 Å². The Morgan fingerprint density at radius 3 is 2.63 bits per heavy atom. The van der Waals surface area contributed by atoms with E-state index >= 15 is 0 Å². The standard InChI is InChI=1S/C18H26O/c1-2-14-8-10-18(19,11-9-14)13-15-6-7-16-4-3-5-17(16)12-15/h6-7,12,14,19H,2-5,8-11,13H2,1H3. The molecule has 1 fully saturated rings. The van der Waals surface area contributed by atoms with Gasteiger partial charge in [0, 0.05) is 6.42 Å². The minimum Gasteiger partial charge on any atom is -0.390 e. The molecule has 0 spiro atoms. The van der Waals surface area contributed by atoms with Crippen LogP contribution >= 0.6 is 0 Å². The van der Waals surface area contributed by atoms with E-state index in [1.54, 1.807) is 0 Å². The van der Waals surface area contributed by atoms with Crippen LogP contribution in [0.4, 0.5) is 0 Å². The number of fused-ring (bicyclic) bond motifs is 1. The Balaban J connectivity index is 1.68. The molecule has 1 heteroatoms. The molecule has 0 amide bonds. The predicted octanol–water partition coefficient (Wildman–Crippen LogP) is 4.05. The summed E-state index contributed by atoms with van der Waals surface area (Å²) < 4.78 is 0. The third-order valence-electron chi connectivity index (χ3n) is 5.31. The van der Waals surface area contributed by atoms with Crippen LogP contribution in [0.5, 0.6) is 0 Å². The molecular formula is C18H26O. The number of benzene rings is 1. The molecule has 1 aromatic carbocycles. The summed E-state index contributed by atoms with van der Waals surface area (Å²) in [5, 5.41) is 10.8. The van der Waals surface area contributed by atoms with E-state index in [0.717, 1.165) is 25.2 Å². The quantitative estimate of drug-likeness (QED) is 0.867. The maximum Gasteiger partial charge on any atom is 0.0688 e. The van der Waals surface area contributed by atoms with Gasteiger partial charge < -0.3 is 5.11 Å². The van der Waals surface area contributed by atoms with Gasteiger partial charge in [0.2, 0.25) is 0 Å². The van der Waals surface area contributed by atoms with Gasteiger partial charge in [0.1, 0.15) is 0 Å². The first-order chi connectivity index (χ1) is 9.18. The summed E-state index contributed by atoms with van der Waals surface area (Å²) in [6.07, 6.45) is 10.3. The van der Waals surface area contributed by atoms with Crippen molar-refractivity contribution in [1.82, 2.24) is 0 Å². The fraction of sp³-hybridized carbons (Fsp3) is 0.667. The fourth-order valence-corrected chi connectivity index (χ4v) is 3.92. The van der Waals surface area contributed by atoms with Crippen LogP contribution in [-0.2, 0) is 19.3 Å². The van der Waals surface area contributed by atoms with Gasteiger partial charge in [0.25, 0.3) is 0 Å². The molecule has 3 rings (SSSR count). The highest BCUT2D eigenvalue weighted by Crippen LogP contribution is 2.36. The van der Waals surface area contributed by atoms with Gasteiger partial charge in [-0.3, -0.25) is 0 Å². The first-order valence-corrected chi connectivity index (χ1v) is 8.01. The number of rotatable bonds is 3. The minimum absolute atomic E-state index is 0.432. The second-order valence-electron chi connectivity index (χ2n) is 6.71. The topological polar surface area (TPSA) is 20.2 Å². The molecule has 2 aliphatic carbocycles. The second kappa shape index (κ2) is 5.28. The summed E-state index contributed by atoms with van der Waals surface area (Å²) in [5.41, 5.74) is 3.98. The van der Waals surface area contributed by atoms with E-state index in [-0.39, 0.29) is 0 Å². The normalized spacial score (nSPS) is 30.3. The lowest BCUT2D eigenvalue weighted by atomic mass is 9.75. The number of aryl methyl sites for hydroxylation is 2. The summed E-state index contributed by atoms with van der Waals surface area (Å²) in [6, 6.07) is 6.89. The van der Waals surface area contributed by atoms with Crippen LogP contribution < -0.4 is 0 Å². The monoisotopic (exact) mass is 258 g/mol. The van der Waals surface area contributed by atoms with Crippen molar-refractivity contribution in [3.8, 4) is 0 Å². The Morgan fingerprint density at radius 2 is 1.89 bits per heavy atom. The van der Waals surface area contributed by atoms with Crippen LogP contribution in [0.1, 0.15) is 62.1 Å². The van der Waals surface area contributed by atoms with Crippen LogP contribution in [0, 0.1) is 5.92 Å². The Hall–Kier alpha value is -0.820. The Bertz CT molecular complexity index is 441. The predicted molar refractivity (Wildman–Crippen MR) is 79.4 cm³/mol.